The highest BCUT2D eigenvalue weighted by Gasteiger charge is 2.15. The van der Waals surface area contributed by atoms with E-state index in [1.165, 1.54) is 0 Å². The van der Waals surface area contributed by atoms with Crippen LogP contribution in [-0.4, -0.2) is 25.3 Å². The molecule has 0 aliphatic heterocycles. The van der Waals surface area contributed by atoms with E-state index >= 15 is 0 Å². The topological polar surface area (TPSA) is 21.3 Å². The van der Waals surface area contributed by atoms with Gasteiger partial charge in [0.05, 0.1) is 0 Å². The summed E-state index contributed by atoms with van der Waals surface area (Å²) in [6.45, 7) is 16.2. The van der Waals surface area contributed by atoms with Crippen LogP contribution in [-0.2, 0) is 4.74 Å². The summed E-state index contributed by atoms with van der Waals surface area (Å²) in [4.78, 5) is 0. The molecule has 0 amide bonds. The van der Waals surface area contributed by atoms with Crippen molar-refractivity contribution in [1.82, 2.24) is 5.32 Å². The maximum atomic E-state index is 5.57. The zero-order chi connectivity index (χ0) is 11.9. The van der Waals surface area contributed by atoms with Gasteiger partial charge in [0, 0.05) is 18.8 Å². The summed E-state index contributed by atoms with van der Waals surface area (Å²) in [5.41, 5.74) is 0.220. The van der Waals surface area contributed by atoms with Crippen molar-refractivity contribution in [2.24, 2.45) is 11.8 Å². The molecule has 15 heavy (non-hydrogen) atoms. The van der Waals surface area contributed by atoms with Gasteiger partial charge in [0.2, 0.25) is 0 Å². The molecule has 1 N–H and O–H groups in total. The molecular formula is C13H29NO. The third-order valence-electron chi connectivity index (χ3n) is 2.65. The van der Waals surface area contributed by atoms with E-state index in [-0.39, 0.29) is 5.54 Å². The Balaban J connectivity index is 3.64. The minimum Gasteiger partial charge on any atom is -0.381 e. The molecule has 0 rings (SSSR count). The van der Waals surface area contributed by atoms with Gasteiger partial charge in [-0.25, -0.2) is 0 Å². The number of hydrogen-bond donors (Lipinski definition) is 1. The van der Waals surface area contributed by atoms with Gasteiger partial charge in [0.1, 0.15) is 0 Å². The third kappa shape index (κ3) is 8.88. The normalized spacial score (nSPS) is 16.4. The fraction of sp³-hybridized carbons (Fsp3) is 1.00. The number of ether oxygens (including phenoxy) is 1. The Morgan fingerprint density at radius 3 is 2.20 bits per heavy atom. The van der Waals surface area contributed by atoms with Gasteiger partial charge in [-0.3, -0.25) is 0 Å². The molecule has 0 fully saturated rings. The molecular weight excluding hydrogens is 186 g/mol. The molecule has 0 bridgehead atoms. The summed E-state index contributed by atoms with van der Waals surface area (Å²) in [6.07, 6.45) is 1.11. The van der Waals surface area contributed by atoms with Crippen LogP contribution in [0.1, 0.15) is 48.0 Å². The lowest BCUT2D eigenvalue weighted by molar-refractivity contribution is 0.0857. The van der Waals surface area contributed by atoms with Crippen molar-refractivity contribution in [3.8, 4) is 0 Å². The maximum Gasteiger partial charge on any atom is 0.0494 e. The van der Waals surface area contributed by atoms with Crippen LogP contribution in [0.5, 0.6) is 0 Å². The first-order valence-electron chi connectivity index (χ1n) is 6.19. The van der Waals surface area contributed by atoms with Crippen LogP contribution in [0, 0.1) is 11.8 Å². The van der Waals surface area contributed by atoms with Crippen LogP contribution in [0.25, 0.3) is 0 Å². The molecule has 0 aliphatic carbocycles. The number of rotatable bonds is 7. The second-order valence-corrected chi connectivity index (χ2v) is 5.66. The Kier molecular flexibility index (Phi) is 7.20. The molecule has 92 valence electrons. The summed E-state index contributed by atoms with van der Waals surface area (Å²) in [5, 5.41) is 3.54. The molecule has 0 saturated carbocycles. The zero-order valence-corrected chi connectivity index (χ0v) is 11.4. The van der Waals surface area contributed by atoms with Crippen molar-refractivity contribution >= 4 is 0 Å². The molecule has 2 unspecified atom stereocenters. The molecule has 0 aliphatic rings. The molecule has 2 nitrogen and oxygen atoms in total. The molecule has 0 heterocycles. The van der Waals surface area contributed by atoms with E-state index in [2.05, 4.69) is 46.9 Å². The first-order chi connectivity index (χ1) is 6.87. The monoisotopic (exact) mass is 215 g/mol. The maximum absolute atomic E-state index is 5.57. The summed E-state index contributed by atoms with van der Waals surface area (Å²) >= 11 is 0. The van der Waals surface area contributed by atoms with Crippen molar-refractivity contribution in [2.45, 2.75) is 53.5 Å². The van der Waals surface area contributed by atoms with Gasteiger partial charge in [0.25, 0.3) is 0 Å². The van der Waals surface area contributed by atoms with E-state index in [0.29, 0.717) is 11.8 Å². The van der Waals surface area contributed by atoms with E-state index in [9.17, 15) is 0 Å². The van der Waals surface area contributed by atoms with E-state index in [4.69, 9.17) is 4.74 Å². The summed E-state index contributed by atoms with van der Waals surface area (Å²) < 4.78 is 5.57. The van der Waals surface area contributed by atoms with Crippen molar-refractivity contribution in [1.29, 1.82) is 0 Å². The van der Waals surface area contributed by atoms with Gasteiger partial charge in [-0.05, 0) is 45.6 Å². The Morgan fingerprint density at radius 1 is 1.13 bits per heavy atom. The Morgan fingerprint density at radius 2 is 1.73 bits per heavy atom. The SMILES string of the molecule is CCCOCC(C)C(C)CNC(C)(C)C. The molecule has 2 atom stereocenters. The fourth-order valence-electron chi connectivity index (χ4n) is 1.25. The molecule has 0 spiro atoms. The molecule has 0 radical (unpaired) electrons. The van der Waals surface area contributed by atoms with Crippen molar-refractivity contribution in [2.75, 3.05) is 19.8 Å². The van der Waals surface area contributed by atoms with Gasteiger partial charge in [-0.1, -0.05) is 20.8 Å². The Bertz CT molecular complexity index is 151. The largest absolute Gasteiger partial charge is 0.381 e. The highest BCUT2D eigenvalue weighted by Crippen LogP contribution is 2.12. The average Bonchev–Trinajstić information content (AvgIpc) is 2.13. The van der Waals surface area contributed by atoms with E-state index in [1.807, 2.05) is 0 Å². The quantitative estimate of drug-likeness (QED) is 0.659. The van der Waals surface area contributed by atoms with E-state index in [1.54, 1.807) is 0 Å². The van der Waals surface area contributed by atoms with Crippen LogP contribution in [0.15, 0.2) is 0 Å². The molecule has 0 aromatic heterocycles. The zero-order valence-electron chi connectivity index (χ0n) is 11.4. The smallest absolute Gasteiger partial charge is 0.0494 e. The minimum absolute atomic E-state index is 0.220. The summed E-state index contributed by atoms with van der Waals surface area (Å²) in [6, 6.07) is 0. The highest BCUT2D eigenvalue weighted by molar-refractivity contribution is 4.73. The lowest BCUT2D eigenvalue weighted by Gasteiger charge is -2.26. The van der Waals surface area contributed by atoms with Crippen LogP contribution < -0.4 is 5.32 Å². The van der Waals surface area contributed by atoms with E-state index in [0.717, 1.165) is 26.2 Å². The third-order valence-corrected chi connectivity index (χ3v) is 2.65. The van der Waals surface area contributed by atoms with Crippen LogP contribution in [0.2, 0.25) is 0 Å². The van der Waals surface area contributed by atoms with Crippen molar-refractivity contribution in [3.63, 3.8) is 0 Å². The van der Waals surface area contributed by atoms with Gasteiger partial charge in [0.15, 0.2) is 0 Å². The summed E-state index contributed by atoms with van der Waals surface area (Å²) in [5.74, 6) is 1.30. The molecule has 0 aromatic carbocycles. The second kappa shape index (κ2) is 7.24. The van der Waals surface area contributed by atoms with Gasteiger partial charge >= 0.3 is 0 Å². The lowest BCUT2D eigenvalue weighted by atomic mass is 9.95. The first-order valence-corrected chi connectivity index (χ1v) is 6.19. The number of hydrogen-bond acceptors (Lipinski definition) is 2. The predicted molar refractivity (Wildman–Crippen MR) is 67.2 cm³/mol. The fourth-order valence-corrected chi connectivity index (χ4v) is 1.25. The van der Waals surface area contributed by atoms with Crippen molar-refractivity contribution < 1.29 is 4.74 Å². The van der Waals surface area contributed by atoms with E-state index < -0.39 is 0 Å². The van der Waals surface area contributed by atoms with Gasteiger partial charge in [-0.15, -0.1) is 0 Å². The molecule has 0 saturated heterocycles. The second-order valence-electron chi connectivity index (χ2n) is 5.66. The number of nitrogens with one attached hydrogen (secondary N) is 1. The average molecular weight is 215 g/mol. The minimum atomic E-state index is 0.220. The van der Waals surface area contributed by atoms with Crippen LogP contribution in [0.3, 0.4) is 0 Å². The van der Waals surface area contributed by atoms with Gasteiger partial charge < -0.3 is 10.1 Å². The Labute approximate surface area is 95.8 Å². The highest BCUT2D eigenvalue weighted by atomic mass is 16.5. The van der Waals surface area contributed by atoms with Crippen LogP contribution >= 0.6 is 0 Å². The van der Waals surface area contributed by atoms with Gasteiger partial charge in [-0.2, -0.15) is 0 Å². The first kappa shape index (κ1) is 14.9. The predicted octanol–water partition coefficient (Wildman–Crippen LogP) is 3.07. The lowest BCUT2D eigenvalue weighted by Crippen LogP contribution is -2.40. The molecule has 2 heteroatoms. The summed E-state index contributed by atoms with van der Waals surface area (Å²) in [7, 11) is 0. The Hall–Kier alpha value is -0.0800. The molecule has 0 aromatic rings. The van der Waals surface area contributed by atoms with Crippen LogP contribution in [0.4, 0.5) is 0 Å². The standard InChI is InChI=1S/C13H29NO/c1-7-8-15-10-12(3)11(2)9-14-13(4,5)6/h11-12,14H,7-10H2,1-6H3. The van der Waals surface area contributed by atoms with Crippen molar-refractivity contribution in [3.05, 3.63) is 0 Å².